The number of pyridine rings is 1. The Balaban J connectivity index is 1.46. The lowest BCUT2D eigenvalue weighted by Crippen LogP contribution is -2.43. The van der Waals surface area contributed by atoms with Gasteiger partial charge in [0.1, 0.15) is 9.88 Å². The zero-order chi connectivity index (χ0) is 21.3. The molecule has 0 aliphatic carbocycles. The Morgan fingerprint density at radius 3 is 2.70 bits per heavy atom. The summed E-state index contributed by atoms with van der Waals surface area (Å²) in [6, 6.07) is 3.79. The number of nitrogens with zero attached hydrogens (tertiary/aromatic N) is 4. The summed E-state index contributed by atoms with van der Waals surface area (Å²) >= 11 is 2.86. The van der Waals surface area contributed by atoms with Crippen molar-refractivity contribution in [2.45, 2.75) is 33.6 Å². The topological polar surface area (TPSA) is 88.1 Å². The Kier molecular flexibility index (Phi) is 5.92. The molecule has 0 bridgehead atoms. The van der Waals surface area contributed by atoms with E-state index in [2.05, 4.69) is 20.3 Å². The van der Waals surface area contributed by atoms with Gasteiger partial charge in [-0.05, 0) is 45.7 Å². The predicted octanol–water partition coefficient (Wildman–Crippen LogP) is 4.08. The van der Waals surface area contributed by atoms with E-state index in [-0.39, 0.29) is 17.7 Å². The van der Waals surface area contributed by atoms with E-state index < -0.39 is 0 Å². The fourth-order valence-corrected chi connectivity index (χ4v) is 5.30. The smallest absolute Gasteiger partial charge is 0.265 e. The number of hydrogen-bond acceptors (Lipinski definition) is 7. The second kappa shape index (κ2) is 8.61. The van der Waals surface area contributed by atoms with Crippen molar-refractivity contribution in [2.75, 3.05) is 18.4 Å². The number of aromatic nitrogens is 3. The van der Waals surface area contributed by atoms with Gasteiger partial charge in [0.05, 0.1) is 17.3 Å². The Bertz CT molecular complexity index is 1060. The van der Waals surface area contributed by atoms with Gasteiger partial charge in [-0.1, -0.05) is 0 Å². The van der Waals surface area contributed by atoms with E-state index in [0.717, 1.165) is 34.0 Å². The molecular formula is C21H23N5O2S2. The third kappa shape index (κ3) is 4.27. The summed E-state index contributed by atoms with van der Waals surface area (Å²) in [6.07, 6.45) is 5.02. The fourth-order valence-electron chi connectivity index (χ4n) is 3.46. The maximum atomic E-state index is 13.2. The van der Waals surface area contributed by atoms with Gasteiger partial charge in [-0.15, -0.1) is 22.7 Å². The maximum Gasteiger partial charge on any atom is 0.265 e. The molecule has 156 valence electrons. The van der Waals surface area contributed by atoms with Crippen molar-refractivity contribution in [1.29, 1.82) is 0 Å². The molecule has 1 aliphatic heterocycles. The highest BCUT2D eigenvalue weighted by molar-refractivity contribution is 7.17. The third-order valence-corrected chi connectivity index (χ3v) is 7.42. The molecule has 3 aromatic rings. The molecule has 0 spiro atoms. The van der Waals surface area contributed by atoms with E-state index in [0.29, 0.717) is 28.8 Å². The van der Waals surface area contributed by atoms with Crippen LogP contribution >= 0.6 is 22.7 Å². The normalized spacial score (nSPS) is 16.5. The van der Waals surface area contributed by atoms with E-state index in [1.165, 1.54) is 22.7 Å². The Morgan fingerprint density at radius 2 is 2.00 bits per heavy atom. The molecule has 1 N–H and O–H groups in total. The first-order valence-electron chi connectivity index (χ1n) is 9.84. The first kappa shape index (κ1) is 20.6. The van der Waals surface area contributed by atoms with E-state index in [1.807, 2.05) is 32.9 Å². The van der Waals surface area contributed by atoms with E-state index in [4.69, 9.17) is 0 Å². The number of aryl methyl sites for hydroxylation is 3. The van der Waals surface area contributed by atoms with Gasteiger partial charge in [0, 0.05) is 35.9 Å². The van der Waals surface area contributed by atoms with Crippen LogP contribution in [0.15, 0.2) is 24.5 Å². The van der Waals surface area contributed by atoms with E-state index >= 15 is 0 Å². The highest BCUT2D eigenvalue weighted by atomic mass is 32.1. The zero-order valence-electron chi connectivity index (χ0n) is 17.1. The molecule has 1 aliphatic rings. The summed E-state index contributed by atoms with van der Waals surface area (Å²) in [6.45, 7) is 6.83. The Labute approximate surface area is 183 Å². The highest BCUT2D eigenvalue weighted by Gasteiger charge is 2.31. The second-order valence-electron chi connectivity index (χ2n) is 7.42. The van der Waals surface area contributed by atoms with Crippen LogP contribution in [0.3, 0.4) is 0 Å². The minimum atomic E-state index is -0.238. The largest absolute Gasteiger partial charge is 0.337 e. The van der Waals surface area contributed by atoms with Gasteiger partial charge in [-0.25, -0.2) is 9.97 Å². The summed E-state index contributed by atoms with van der Waals surface area (Å²) in [5.41, 5.74) is 2.54. The van der Waals surface area contributed by atoms with Gasteiger partial charge in [0.15, 0.2) is 5.13 Å². The molecule has 30 heavy (non-hydrogen) atoms. The average Bonchev–Trinajstić information content (AvgIpc) is 3.29. The minimum absolute atomic E-state index is 0.0569. The summed E-state index contributed by atoms with van der Waals surface area (Å²) < 4.78 is 0. The average molecular weight is 442 g/mol. The van der Waals surface area contributed by atoms with Crippen LogP contribution in [0.25, 0.3) is 10.6 Å². The SMILES string of the molecule is Cc1nc(NC(=O)C2CCCN(C(=O)c3sc(-c4cccnc4)nc3C)C2)sc1C. The summed E-state index contributed by atoms with van der Waals surface area (Å²) in [4.78, 5) is 42.5. The predicted molar refractivity (Wildman–Crippen MR) is 119 cm³/mol. The molecule has 7 nitrogen and oxygen atoms in total. The molecule has 1 fully saturated rings. The minimum Gasteiger partial charge on any atom is -0.337 e. The second-order valence-corrected chi connectivity index (χ2v) is 9.62. The Morgan fingerprint density at radius 1 is 1.17 bits per heavy atom. The summed E-state index contributed by atoms with van der Waals surface area (Å²) in [7, 11) is 0. The van der Waals surface area contributed by atoms with Crippen molar-refractivity contribution in [3.63, 3.8) is 0 Å². The van der Waals surface area contributed by atoms with Crippen LogP contribution in [0.1, 0.15) is 38.8 Å². The lowest BCUT2D eigenvalue weighted by molar-refractivity contribution is -0.121. The molecule has 1 saturated heterocycles. The third-order valence-electron chi connectivity index (χ3n) is 5.24. The number of anilines is 1. The van der Waals surface area contributed by atoms with Crippen molar-refractivity contribution in [1.82, 2.24) is 19.9 Å². The number of hydrogen-bond donors (Lipinski definition) is 1. The number of piperidine rings is 1. The lowest BCUT2D eigenvalue weighted by Gasteiger charge is -2.31. The fraction of sp³-hybridized carbons (Fsp3) is 0.381. The first-order chi connectivity index (χ1) is 14.4. The molecule has 1 unspecified atom stereocenters. The van der Waals surface area contributed by atoms with Crippen LogP contribution in [0.4, 0.5) is 5.13 Å². The van der Waals surface area contributed by atoms with Crippen LogP contribution in [0.2, 0.25) is 0 Å². The Hall–Kier alpha value is -2.65. The number of amides is 2. The lowest BCUT2D eigenvalue weighted by atomic mass is 9.97. The van der Waals surface area contributed by atoms with Crippen molar-refractivity contribution in [2.24, 2.45) is 5.92 Å². The quantitative estimate of drug-likeness (QED) is 0.659. The van der Waals surface area contributed by atoms with Crippen molar-refractivity contribution in [3.05, 3.63) is 45.7 Å². The number of thiazole rings is 2. The van der Waals surface area contributed by atoms with Crippen LogP contribution in [-0.4, -0.2) is 44.8 Å². The number of nitrogens with one attached hydrogen (secondary N) is 1. The van der Waals surface area contributed by atoms with Crippen LogP contribution in [-0.2, 0) is 4.79 Å². The molecular weight excluding hydrogens is 418 g/mol. The molecule has 4 rings (SSSR count). The van der Waals surface area contributed by atoms with Crippen molar-refractivity contribution in [3.8, 4) is 10.6 Å². The van der Waals surface area contributed by atoms with Gasteiger partial charge >= 0.3 is 0 Å². The molecule has 1 atom stereocenters. The summed E-state index contributed by atoms with van der Waals surface area (Å²) in [5.74, 6) is -0.366. The number of carbonyl (C=O) groups excluding carboxylic acids is 2. The standard InChI is InChI=1S/C21H23N5O2S2/c1-12-14(3)29-21(24-12)25-18(27)16-7-5-9-26(11-16)20(28)17-13(2)23-19(30-17)15-6-4-8-22-10-15/h4,6,8,10,16H,5,7,9,11H2,1-3H3,(H,24,25,27). The molecule has 4 heterocycles. The van der Waals surface area contributed by atoms with Gasteiger partial charge in [0.2, 0.25) is 5.91 Å². The number of likely N-dealkylation sites (tertiary alicyclic amines) is 1. The molecule has 0 aromatic carbocycles. The first-order valence-corrected chi connectivity index (χ1v) is 11.5. The van der Waals surface area contributed by atoms with E-state index in [1.54, 1.807) is 17.3 Å². The van der Waals surface area contributed by atoms with Crippen LogP contribution in [0, 0.1) is 26.7 Å². The molecule has 0 radical (unpaired) electrons. The molecule has 9 heteroatoms. The van der Waals surface area contributed by atoms with Gasteiger partial charge in [-0.2, -0.15) is 0 Å². The maximum absolute atomic E-state index is 13.2. The van der Waals surface area contributed by atoms with E-state index in [9.17, 15) is 9.59 Å². The van der Waals surface area contributed by atoms with Gasteiger partial charge in [-0.3, -0.25) is 14.6 Å². The van der Waals surface area contributed by atoms with Crippen LogP contribution in [0.5, 0.6) is 0 Å². The monoisotopic (exact) mass is 441 g/mol. The zero-order valence-corrected chi connectivity index (χ0v) is 18.8. The van der Waals surface area contributed by atoms with Gasteiger partial charge < -0.3 is 10.2 Å². The molecule has 3 aromatic heterocycles. The van der Waals surface area contributed by atoms with Gasteiger partial charge in [0.25, 0.3) is 5.91 Å². The van der Waals surface area contributed by atoms with Crippen molar-refractivity contribution < 1.29 is 9.59 Å². The van der Waals surface area contributed by atoms with Crippen LogP contribution < -0.4 is 5.32 Å². The molecule has 2 amide bonds. The number of rotatable bonds is 4. The summed E-state index contributed by atoms with van der Waals surface area (Å²) in [5, 5.41) is 4.33. The highest BCUT2D eigenvalue weighted by Crippen LogP contribution is 2.30. The van der Waals surface area contributed by atoms with Crippen molar-refractivity contribution >= 4 is 39.6 Å². The number of carbonyl (C=O) groups is 2. The molecule has 0 saturated carbocycles.